The van der Waals surface area contributed by atoms with Crippen LogP contribution in [-0.4, -0.2) is 29.6 Å². The van der Waals surface area contributed by atoms with E-state index in [0.717, 1.165) is 24.6 Å². The topological polar surface area (TPSA) is 41.1 Å². The minimum absolute atomic E-state index is 0.651. The molecular formula is C14H24N4. The fraction of sp³-hybridized carbons (Fsp3) is 0.714. The zero-order valence-electron chi connectivity index (χ0n) is 11.7. The molecule has 0 atom stereocenters. The molecule has 1 saturated carbocycles. The van der Waals surface area contributed by atoms with Gasteiger partial charge in [0.2, 0.25) is 0 Å². The Hall–Kier alpha value is -1.32. The number of rotatable bonds is 5. The molecule has 0 bridgehead atoms. The summed E-state index contributed by atoms with van der Waals surface area (Å²) in [5.74, 6) is 2.06. The van der Waals surface area contributed by atoms with Crippen molar-refractivity contribution in [2.45, 2.75) is 52.0 Å². The van der Waals surface area contributed by atoms with Crippen LogP contribution in [-0.2, 0) is 0 Å². The van der Waals surface area contributed by atoms with E-state index in [9.17, 15) is 0 Å². The molecule has 4 nitrogen and oxygen atoms in total. The maximum atomic E-state index is 4.47. The lowest BCUT2D eigenvalue weighted by Crippen LogP contribution is -2.30. The van der Waals surface area contributed by atoms with Gasteiger partial charge in [0.25, 0.3) is 0 Å². The van der Waals surface area contributed by atoms with Crippen LogP contribution in [0.25, 0.3) is 0 Å². The molecule has 4 heteroatoms. The van der Waals surface area contributed by atoms with E-state index in [4.69, 9.17) is 0 Å². The molecule has 0 radical (unpaired) electrons. The molecule has 1 aliphatic rings. The SMILES string of the molecule is CCCNc1ncnc(N(C)C2CCCC2)c1C. The average molecular weight is 248 g/mol. The maximum absolute atomic E-state index is 4.47. The van der Waals surface area contributed by atoms with Gasteiger partial charge in [0.1, 0.15) is 18.0 Å². The van der Waals surface area contributed by atoms with Gasteiger partial charge in [-0.15, -0.1) is 0 Å². The molecule has 2 rings (SSSR count). The Labute approximate surface area is 110 Å². The lowest BCUT2D eigenvalue weighted by molar-refractivity contribution is 0.644. The number of hydrogen-bond acceptors (Lipinski definition) is 4. The van der Waals surface area contributed by atoms with Crippen molar-refractivity contribution in [3.8, 4) is 0 Å². The zero-order chi connectivity index (χ0) is 13.0. The van der Waals surface area contributed by atoms with E-state index in [-0.39, 0.29) is 0 Å². The number of anilines is 2. The molecule has 18 heavy (non-hydrogen) atoms. The summed E-state index contributed by atoms with van der Waals surface area (Å²) in [6, 6.07) is 0.651. The highest BCUT2D eigenvalue weighted by Gasteiger charge is 2.22. The number of hydrogen-bond donors (Lipinski definition) is 1. The minimum Gasteiger partial charge on any atom is -0.370 e. The first kappa shape index (κ1) is 13.1. The molecule has 0 spiro atoms. The van der Waals surface area contributed by atoms with Crippen molar-refractivity contribution in [2.75, 3.05) is 23.8 Å². The Morgan fingerprint density at radius 1 is 1.33 bits per heavy atom. The summed E-state index contributed by atoms with van der Waals surface area (Å²) in [6.45, 7) is 5.23. The maximum Gasteiger partial charge on any atom is 0.137 e. The van der Waals surface area contributed by atoms with Gasteiger partial charge in [-0.2, -0.15) is 0 Å². The first-order chi connectivity index (χ1) is 8.74. The molecule has 0 aliphatic heterocycles. The van der Waals surface area contributed by atoms with Crippen LogP contribution in [0, 0.1) is 6.92 Å². The number of nitrogens with one attached hydrogen (secondary N) is 1. The van der Waals surface area contributed by atoms with Crippen LogP contribution in [0.5, 0.6) is 0 Å². The third kappa shape index (κ3) is 2.74. The highest BCUT2D eigenvalue weighted by molar-refractivity contribution is 5.58. The number of aromatic nitrogens is 2. The third-order valence-electron chi connectivity index (χ3n) is 3.81. The standard InChI is InChI=1S/C14H24N4/c1-4-9-15-13-11(2)14(17-10-16-13)18(3)12-7-5-6-8-12/h10,12H,4-9H2,1-3H3,(H,15,16,17). The van der Waals surface area contributed by atoms with E-state index < -0.39 is 0 Å². The smallest absolute Gasteiger partial charge is 0.137 e. The van der Waals surface area contributed by atoms with Gasteiger partial charge in [0.15, 0.2) is 0 Å². The lowest BCUT2D eigenvalue weighted by Gasteiger charge is -2.27. The summed E-state index contributed by atoms with van der Waals surface area (Å²) < 4.78 is 0. The highest BCUT2D eigenvalue weighted by Crippen LogP contribution is 2.29. The molecule has 1 heterocycles. The van der Waals surface area contributed by atoms with Gasteiger partial charge in [0, 0.05) is 25.2 Å². The second-order valence-corrected chi connectivity index (χ2v) is 5.15. The molecule has 1 fully saturated rings. The van der Waals surface area contributed by atoms with Gasteiger partial charge in [-0.3, -0.25) is 0 Å². The van der Waals surface area contributed by atoms with Crippen molar-refractivity contribution < 1.29 is 0 Å². The summed E-state index contributed by atoms with van der Waals surface area (Å²) in [5, 5.41) is 3.37. The highest BCUT2D eigenvalue weighted by atomic mass is 15.2. The fourth-order valence-electron chi connectivity index (χ4n) is 2.68. The van der Waals surface area contributed by atoms with Crippen molar-refractivity contribution in [2.24, 2.45) is 0 Å². The predicted molar refractivity (Wildman–Crippen MR) is 76.2 cm³/mol. The largest absolute Gasteiger partial charge is 0.370 e. The summed E-state index contributed by atoms with van der Waals surface area (Å²) >= 11 is 0. The van der Waals surface area contributed by atoms with Gasteiger partial charge in [-0.05, 0) is 26.2 Å². The van der Waals surface area contributed by atoms with Crippen LogP contribution < -0.4 is 10.2 Å². The molecule has 100 valence electrons. The Morgan fingerprint density at radius 2 is 2.06 bits per heavy atom. The van der Waals surface area contributed by atoms with Gasteiger partial charge in [-0.25, -0.2) is 9.97 Å². The molecule has 0 amide bonds. The van der Waals surface area contributed by atoms with Crippen LogP contribution >= 0.6 is 0 Å². The summed E-state index contributed by atoms with van der Waals surface area (Å²) in [5.41, 5.74) is 1.17. The fourth-order valence-corrected chi connectivity index (χ4v) is 2.68. The van der Waals surface area contributed by atoms with Crippen molar-refractivity contribution >= 4 is 11.6 Å². The van der Waals surface area contributed by atoms with Crippen molar-refractivity contribution in [1.29, 1.82) is 0 Å². The summed E-state index contributed by atoms with van der Waals surface area (Å²) in [4.78, 5) is 11.1. The quantitative estimate of drug-likeness (QED) is 0.869. The van der Waals surface area contributed by atoms with Gasteiger partial charge < -0.3 is 10.2 Å². The minimum atomic E-state index is 0.651. The lowest BCUT2D eigenvalue weighted by atomic mass is 10.2. The van der Waals surface area contributed by atoms with E-state index >= 15 is 0 Å². The van der Waals surface area contributed by atoms with E-state index in [1.165, 1.54) is 31.2 Å². The second kappa shape index (κ2) is 6.03. The Bertz CT molecular complexity index is 385. The normalized spacial score (nSPS) is 15.9. The Morgan fingerprint density at radius 3 is 2.72 bits per heavy atom. The van der Waals surface area contributed by atoms with Crippen molar-refractivity contribution in [3.05, 3.63) is 11.9 Å². The molecule has 0 saturated heterocycles. The molecular weight excluding hydrogens is 224 g/mol. The van der Waals surface area contributed by atoms with Crippen molar-refractivity contribution in [3.63, 3.8) is 0 Å². The summed E-state index contributed by atoms with van der Waals surface area (Å²) in [6.07, 6.45) is 8.05. The molecule has 1 aromatic heterocycles. The van der Waals surface area contributed by atoms with E-state index in [0.29, 0.717) is 6.04 Å². The van der Waals surface area contributed by atoms with Crippen LogP contribution in [0.4, 0.5) is 11.6 Å². The monoisotopic (exact) mass is 248 g/mol. The molecule has 1 aromatic rings. The van der Waals surface area contributed by atoms with Gasteiger partial charge >= 0.3 is 0 Å². The second-order valence-electron chi connectivity index (χ2n) is 5.15. The zero-order valence-corrected chi connectivity index (χ0v) is 11.7. The molecule has 1 aliphatic carbocycles. The molecule has 1 N–H and O–H groups in total. The van der Waals surface area contributed by atoms with Crippen LogP contribution in [0.3, 0.4) is 0 Å². The first-order valence-corrected chi connectivity index (χ1v) is 7.02. The molecule has 0 aromatic carbocycles. The number of nitrogens with zero attached hydrogens (tertiary/aromatic N) is 3. The summed E-state index contributed by atoms with van der Waals surface area (Å²) in [7, 11) is 2.16. The van der Waals surface area contributed by atoms with Crippen LogP contribution in [0.1, 0.15) is 44.6 Å². The predicted octanol–water partition coefficient (Wildman–Crippen LogP) is 2.99. The Balaban J connectivity index is 2.16. The van der Waals surface area contributed by atoms with Crippen LogP contribution in [0.15, 0.2) is 6.33 Å². The van der Waals surface area contributed by atoms with Crippen molar-refractivity contribution in [1.82, 2.24) is 9.97 Å². The Kier molecular flexibility index (Phi) is 4.39. The molecule has 0 unspecified atom stereocenters. The van der Waals surface area contributed by atoms with Crippen LogP contribution in [0.2, 0.25) is 0 Å². The van der Waals surface area contributed by atoms with E-state index in [1.54, 1.807) is 6.33 Å². The van der Waals surface area contributed by atoms with E-state index in [2.05, 4.69) is 41.1 Å². The first-order valence-electron chi connectivity index (χ1n) is 7.02. The van der Waals surface area contributed by atoms with E-state index in [1.807, 2.05) is 0 Å². The van der Waals surface area contributed by atoms with Gasteiger partial charge in [-0.1, -0.05) is 19.8 Å². The average Bonchev–Trinajstić information content (AvgIpc) is 2.91. The van der Waals surface area contributed by atoms with Gasteiger partial charge in [0.05, 0.1) is 0 Å². The third-order valence-corrected chi connectivity index (χ3v) is 3.81.